The van der Waals surface area contributed by atoms with Crippen LogP contribution in [0.3, 0.4) is 0 Å². The Morgan fingerprint density at radius 1 is 1.03 bits per heavy atom. The van der Waals surface area contributed by atoms with E-state index in [1.807, 2.05) is 54.7 Å². The second kappa shape index (κ2) is 10.1. The summed E-state index contributed by atoms with van der Waals surface area (Å²) < 4.78 is 11.5. The highest BCUT2D eigenvalue weighted by Crippen LogP contribution is 2.38. The number of methoxy groups -OCH3 is 1. The normalized spacial score (nSPS) is 10.7. The summed E-state index contributed by atoms with van der Waals surface area (Å²) in [6, 6.07) is 17.2. The van der Waals surface area contributed by atoms with Gasteiger partial charge in [0.1, 0.15) is 18.0 Å². The molecule has 4 heterocycles. The molecule has 36 heavy (non-hydrogen) atoms. The minimum absolute atomic E-state index is 0.265. The summed E-state index contributed by atoms with van der Waals surface area (Å²) in [4.78, 5) is 28.2. The van der Waals surface area contributed by atoms with Crippen molar-refractivity contribution in [2.24, 2.45) is 0 Å². The Kier molecular flexibility index (Phi) is 6.40. The van der Waals surface area contributed by atoms with Crippen molar-refractivity contribution in [2.45, 2.75) is 6.61 Å². The lowest BCUT2D eigenvalue weighted by Crippen LogP contribution is -2.06. The molecule has 5 aromatic rings. The number of H-pyrrole nitrogens is 1. The third-order valence-electron chi connectivity index (χ3n) is 5.62. The standard InChI is InChI=1S/C28H23N5O3/c1-3-26(34)33-20-9-6-7-18(11-20)19-12-23-24(15-32-28(23)31-14-19)22-13-27(35-2)30-16-25(22)36-17-21-8-4-5-10-29-21/h3-16H,1,17H2,2H3,(H,31,32)(H,33,34). The highest BCUT2D eigenvalue weighted by atomic mass is 16.5. The summed E-state index contributed by atoms with van der Waals surface area (Å²) >= 11 is 0. The number of benzene rings is 1. The molecule has 2 N–H and O–H groups in total. The van der Waals surface area contributed by atoms with Crippen molar-refractivity contribution in [3.05, 3.63) is 97.7 Å². The van der Waals surface area contributed by atoms with Crippen molar-refractivity contribution in [2.75, 3.05) is 12.4 Å². The van der Waals surface area contributed by atoms with E-state index in [0.29, 0.717) is 23.9 Å². The predicted molar refractivity (Wildman–Crippen MR) is 139 cm³/mol. The van der Waals surface area contributed by atoms with Gasteiger partial charge in [-0.05, 0) is 42.0 Å². The van der Waals surface area contributed by atoms with Crippen LogP contribution in [0.15, 0.2) is 92.0 Å². The van der Waals surface area contributed by atoms with Crippen molar-refractivity contribution in [1.29, 1.82) is 0 Å². The molecule has 0 aliphatic carbocycles. The second-order valence-electron chi connectivity index (χ2n) is 7.93. The maximum Gasteiger partial charge on any atom is 0.247 e. The first-order valence-corrected chi connectivity index (χ1v) is 11.2. The maximum atomic E-state index is 11.7. The Labute approximate surface area is 207 Å². The molecule has 0 saturated heterocycles. The number of aromatic nitrogens is 4. The van der Waals surface area contributed by atoms with E-state index >= 15 is 0 Å². The fourth-order valence-electron chi connectivity index (χ4n) is 3.85. The number of hydrogen-bond donors (Lipinski definition) is 2. The summed E-state index contributed by atoms with van der Waals surface area (Å²) in [5.74, 6) is 0.805. The first kappa shape index (κ1) is 22.8. The Morgan fingerprint density at radius 2 is 1.94 bits per heavy atom. The average Bonchev–Trinajstić information content (AvgIpc) is 3.35. The van der Waals surface area contributed by atoms with Gasteiger partial charge in [0.25, 0.3) is 0 Å². The maximum absolute atomic E-state index is 11.7. The molecule has 0 aliphatic heterocycles. The number of pyridine rings is 3. The van der Waals surface area contributed by atoms with Gasteiger partial charge < -0.3 is 19.8 Å². The zero-order valence-corrected chi connectivity index (χ0v) is 19.6. The van der Waals surface area contributed by atoms with Crippen LogP contribution in [-0.2, 0) is 11.4 Å². The molecule has 8 nitrogen and oxygen atoms in total. The number of amides is 1. The minimum Gasteiger partial charge on any atom is -0.485 e. The molecule has 0 spiro atoms. The first-order valence-electron chi connectivity index (χ1n) is 11.2. The van der Waals surface area contributed by atoms with Gasteiger partial charge in [0.05, 0.1) is 19.0 Å². The van der Waals surface area contributed by atoms with Crippen LogP contribution in [0.1, 0.15) is 5.69 Å². The van der Waals surface area contributed by atoms with Crippen LogP contribution < -0.4 is 14.8 Å². The number of carbonyl (C=O) groups excluding carboxylic acids is 1. The largest absolute Gasteiger partial charge is 0.485 e. The Hall–Kier alpha value is -4.98. The second-order valence-corrected chi connectivity index (χ2v) is 7.93. The Balaban J connectivity index is 1.54. The van der Waals surface area contributed by atoms with E-state index in [-0.39, 0.29) is 5.91 Å². The van der Waals surface area contributed by atoms with Crippen molar-refractivity contribution < 1.29 is 14.3 Å². The van der Waals surface area contributed by atoms with E-state index in [1.54, 1.807) is 25.7 Å². The van der Waals surface area contributed by atoms with Crippen molar-refractivity contribution in [3.8, 4) is 33.9 Å². The number of fused-ring (bicyclic) bond motifs is 1. The van der Waals surface area contributed by atoms with E-state index in [9.17, 15) is 4.79 Å². The van der Waals surface area contributed by atoms with E-state index in [4.69, 9.17) is 9.47 Å². The molecule has 8 heteroatoms. The minimum atomic E-state index is -0.265. The molecule has 0 fully saturated rings. The molecule has 1 aromatic carbocycles. The van der Waals surface area contributed by atoms with Gasteiger partial charge in [-0.1, -0.05) is 24.8 Å². The molecule has 1 amide bonds. The van der Waals surface area contributed by atoms with Gasteiger partial charge in [-0.25, -0.2) is 9.97 Å². The third-order valence-corrected chi connectivity index (χ3v) is 5.62. The molecule has 5 rings (SSSR count). The molecular weight excluding hydrogens is 454 g/mol. The van der Waals surface area contributed by atoms with Gasteiger partial charge in [-0.2, -0.15) is 0 Å². The Bertz CT molecular complexity index is 1550. The van der Waals surface area contributed by atoms with E-state index in [2.05, 4.69) is 37.9 Å². The average molecular weight is 478 g/mol. The summed E-state index contributed by atoms with van der Waals surface area (Å²) in [7, 11) is 1.58. The van der Waals surface area contributed by atoms with Crippen molar-refractivity contribution >= 4 is 22.6 Å². The molecule has 0 bridgehead atoms. The number of ether oxygens (including phenoxy) is 2. The molecule has 0 unspecified atom stereocenters. The number of anilines is 1. The number of nitrogens with zero attached hydrogens (tertiary/aromatic N) is 3. The van der Waals surface area contributed by atoms with Crippen molar-refractivity contribution in [1.82, 2.24) is 19.9 Å². The fraction of sp³-hybridized carbons (Fsp3) is 0.0714. The van der Waals surface area contributed by atoms with Crippen LogP contribution >= 0.6 is 0 Å². The van der Waals surface area contributed by atoms with Gasteiger partial charge >= 0.3 is 0 Å². The quantitative estimate of drug-likeness (QED) is 0.290. The van der Waals surface area contributed by atoms with Crippen LogP contribution in [0, 0.1) is 0 Å². The molecular formula is C28H23N5O3. The third kappa shape index (κ3) is 4.78. The zero-order valence-electron chi connectivity index (χ0n) is 19.6. The van der Waals surface area contributed by atoms with Gasteiger partial charge in [0.15, 0.2) is 0 Å². The number of aromatic amines is 1. The van der Waals surface area contributed by atoms with Crippen LogP contribution in [0.4, 0.5) is 5.69 Å². The topological polar surface area (TPSA) is 102 Å². The van der Waals surface area contributed by atoms with Gasteiger partial charge in [-0.15, -0.1) is 0 Å². The lowest BCUT2D eigenvalue weighted by molar-refractivity contribution is -0.111. The molecule has 0 saturated carbocycles. The highest BCUT2D eigenvalue weighted by molar-refractivity contribution is 6.00. The van der Waals surface area contributed by atoms with Gasteiger partial charge in [0, 0.05) is 52.4 Å². The summed E-state index contributed by atoms with van der Waals surface area (Å²) in [5, 5.41) is 3.70. The zero-order chi connectivity index (χ0) is 24.9. The predicted octanol–water partition coefficient (Wildman–Crippen LogP) is 5.40. The van der Waals surface area contributed by atoms with E-state index in [1.165, 1.54) is 6.08 Å². The SMILES string of the molecule is C=CC(=O)Nc1cccc(-c2cnc3[nH]cc(-c4cc(OC)ncc4OCc4ccccn4)c3c2)c1. The first-order chi connectivity index (χ1) is 17.6. The van der Waals surface area contributed by atoms with Crippen molar-refractivity contribution in [3.63, 3.8) is 0 Å². The summed E-state index contributed by atoms with van der Waals surface area (Å²) in [6.07, 6.45) is 8.31. The number of hydrogen-bond acceptors (Lipinski definition) is 6. The molecule has 4 aromatic heterocycles. The molecule has 0 atom stereocenters. The number of carbonyl (C=O) groups is 1. The number of nitrogens with one attached hydrogen (secondary N) is 2. The fourth-order valence-corrected chi connectivity index (χ4v) is 3.85. The van der Waals surface area contributed by atoms with Gasteiger partial charge in [-0.3, -0.25) is 9.78 Å². The lowest BCUT2D eigenvalue weighted by Gasteiger charge is -2.12. The Morgan fingerprint density at radius 3 is 2.75 bits per heavy atom. The monoisotopic (exact) mass is 477 g/mol. The van der Waals surface area contributed by atoms with Crippen LogP contribution in [0.2, 0.25) is 0 Å². The highest BCUT2D eigenvalue weighted by Gasteiger charge is 2.16. The lowest BCUT2D eigenvalue weighted by atomic mass is 10.0. The van der Waals surface area contributed by atoms with Crippen LogP contribution in [0.5, 0.6) is 11.6 Å². The van der Waals surface area contributed by atoms with Gasteiger partial charge in [0.2, 0.25) is 11.8 Å². The number of rotatable bonds is 8. The molecule has 0 radical (unpaired) electrons. The van der Waals surface area contributed by atoms with Crippen LogP contribution in [-0.4, -0.2) is 33.0 Å². The van der Waals surface area contributed by atoms with E-state index in [0.717, 1.165) is 39.0 Å². The molecule has 178 valence electrons. The summed E-state index contributed by atoms with van der Waals surface area (Å²) in [6.45, 7) is 3.80. The summed E-state index contributed by atoms with van der Waals surface area (Å²) in [5.41, 5.74) is 5.74. The molecule has 0 aliphatic rings. The van der Waals surface area contributed by atoms with E-state index < -0.39 is 0 Å². The van der Waals surface area contributed by atoms with Crippen LogP contribution in [0.25, 0.3) is 33.3 Å². The smallest absolute Gasteiger partial charge is 0.247 e.